The summed E-state index contributed by atoms with van der Waals surface area (Å²) in [5.74, 6) is -0.983. The van der Waals surface area contributed by atoms with Gasteiger partial charge < -0.3 is 9.47 Å². The van der Waals surface area contributed by atoms with Crippen LogP contribution in [0.5, 0.6) is 0 Å². The van der Waals surface area contributed by atoms with E-state index in [2.05, 4.69) is 4.98 Å². The molecule has 46 heavy (non-hydrogen) atoms. The van der Waals surface area contributed by atoms with Crippen molar-refractivity contribution in [2.45, 2.75) is 69.9 Å². The van der Waals surface area contributed by atoms with Gasteiger partial charge in [-0.2, -0.15) is 4.31 Å². The summed E-state index contributed by atoms with van der Waals surface area (Å²) in [4.78, 5) is 30.9. The van der Waals surface area contributed by atoms with Crippen LogP contribution < -0.4 is 8.61 Å². The van der Waals surface area contributed by atoms with Gasteiger partial charge in [-0.25, -0.2) is 35.7 Å². The molecule has 0 fully saturated rings. The number of fused-ring (bicyclic) bond motifs is 1. The fraction of sp³-hybridized carbons (Fsp3) is 0.303. The summed E-state index contributed by atoms with van der Waals surface area (Å²) >= 11 is 0. The Labute approximate surface area is 269 Å². The summed E-state index contributed by atoms with van der Waals surface area (Å²) < 4.78 is 68.7. The summed E-state index contributed by atoms with van der Waals surface area (Å²) in [5.41, 5.74) is 0.402. The van der Waals surface area contributed by atoms with Crippen LogP contribution >= 0.6 is 0 Å². The Hall–Kier alpha value is -4.49. The van der Waals surface area contributed by atoms with Crippen LogP contribution in [0.4, 0.5) is 16.3 Å². The van der Waals surface area contributed by atoms with Crippen LogP contribution in [0.15, 0.2) is 88.8 Å². The molecule has 0 aliphatic heterocycles. The van der Waals surface area contributed by atoms with Crippen molar-refractivity contribution in [2.75, 3.05) is 15.2 Å². The third-order valence-corrected chi connectivity index (χ3v) is 10.4. The second-order valence-electron chi connectivity index (χ2n) is 11.6. The maximum absolute atomic E-state index is 14.2. The summed E-state index contributed by atoms with van der Waals surface area (Å²) in [7, 11) is -8.99. The maximum atomic E-state index is 14.2. The van der Waals surface area contributed by atoms with Crippen LogP contribution in [0.25, 0.3) is 10.8 Å². The number of aromatic nitrogens is 1. The molecule has 4 rings (SSSR count). The quantitative estimate of drug-likeness (QED) is 0.193. The SMILES string of the molecule is CCOC(=O)C(C)N(c1ncc(N(C(=O)OC(C)(C)C)S(=O)(=O)c2ccc(C)cc2)c2ccccc12)S(=O)(=O)c1ccc(C)cc1. The van der Waals surface area contributed by atoms with Gasteiger partial charge in [0, 0.05) is 10.8 Å². The molecule has 0 N–H and O–H groups in total. The van der Waals surface area contributed by atoms with Gasteiger partial charge in [-0.15, -0.1) is 0 Å². The van der Waals surface area contributed by atoms with E-state index >= 15 is 0 Å². The van der Waals surface area contributed by atoms with Gasteiger partial charge in [-0.05, 0) is 72.7 Å². The molecular formula is C33H37N3O8S2. The van der Waals surface area contributed by atoms with E-state index in [4.69, 9.17) is 9.47 Å². The molecule has 0 saturated heterocycles. The first-order chi connectivity index (χ1) is 21.5. The van der Waals surface area contributed by atoms with Crippen molar-refractivity contribution >= 4 is 54.4 Å². The number of rotatable bonds is 9. The highest BCUT2D eigenvalue weighted by Crippen LogP contribution is 2.38. The summed E-state index contributed by atoms with van der Waals surface area (Å²) in [5, 5.41) is 0.314. The molecule has 13 heteroatoms. The number of hydrogen-bond acceptors (Lipinski definition) is 9. The van der Waals surface area contributed by atoms with Gasteiger partial charge in [0.15, 0.2) is 5.82 Å². The van der Waals surface area contributed by atoms with E-state index in [0.29, 0.717) is 4.31 Å². The largest absolute Gasteiger partial charge is 0.464 e. The molecule has 1 amide bonds. The first kappa shape index (κ1) is 34.4. The van der Waals surface area contributed by atoms with Crippen molar-refractivity contribution in [3.63, 3.8) is 0 Å². The molecule has 0 aliphatic rings. The molecule has 0 aliphatic carbocycles. The van der Waals surface area contributed by atoms with Crippen molar-refractivity contribution in [2.24, 2.45) is 0 Å². The van der Waals surface area contributed by atoms with Gasteiger partial charge in [0.25, 0.3) is 20.0 Å². The van der Waals surface area contributed by atoms with E-state index < -0.39 is 43.8 Å². The topological polar surface area (TPSA) is 140 Å². The number of benzene rings is 3. The molecule has 1 unspecified atom stereocenters. The average Bonchev–Trinajstić information content (AvgIpc) is 2.97. The van der Waals surface area contributed by atoms with Crippen LogP contribution in [0.2, 0.25) is 0 Å². The Morgan fingerprint density at radius 1 is 0.804 bits per heavy atom. The van der Waals surface area contributed by atoms with Crippen molar-refractivity contribution in [3.05, 3.63) is 90.1 Å². The monoisotopic (exact) mass is 667 g/mol. The number of nitrogens with zero attached hydrogens (tertiary/aromatic N) is 3. The Bertz CT molecular complexity index is 1970. The van der Waals surface area contributed by atoms with Gasteiger partial charge in [-0.3, -0.25) is 0 Å². The minimum atomic E-state index is -4.57. The van der Waals surface area contributed by atoms with Crippen molar-refractivity contribution in [1.82, 2.24) is 4.98 Å². The van der Waals surface area contributed by atoms with Gasteiger partial charge >= 0.3 is 12.1 Å². The molecule has 0 bridgehead atoms. The van der Waals surface area contributed by atoms with Crippen LogP contribution in [0, 0.1) is 13.8 Å². The van der Waals surface area contributed by atoms with Crippen molar-refractivity contribution < 1.29 is 35.9 Å². The lowest BCUT2D eigenvalue weighted by atomic mass is 10.1. The Morgan fingerprint density at radius 2 is 1.30 bits per heavy atom. The molecule has 1 aromatic heterocycles. The fourth-order valence-corrected chi connectivity index (χ4v) is 7.54. The zero-order valence-corrected chi connectivity index (χ0v) is 28.3. The molecule has 1 heterocycles. The standard InChI is InChI=1S/C33H37N3O8S2/c1-8-43-31(37)24(4)35(45(39,40)25-17-13-22(2)14-18-25)30-28-12-10-9-11-27(28)29(21-34-30)36(32(38)44-33(5,6)7)46(41,42)26-19-15-23(3)16-20-26/h9-21,24H,8H2,1-7H3. The number of ether oxygens (including phenoxy) is 2. The first-order valence-electron chi connectivity index (χ1n) is 14.5. The molecule has 11 nitrogen and oxygen atoms in total. The van der Waals surface area contributed by atoms with E-state index in [-0.39, 0.29) is 38.7 Å². The number of sulfonamides is 2. The van der Waals surface area contributed by atoms with E-state index in [0.717, 1.165) is 21.6 Å². The average molecular weight is 668 g/mol. The summed E-state index contributed by atoms with van der Waals surface area (Å²) in [6, 6.07) is 17.0. The second kappa shape index (κ2) is 13.1. The first-order valence-corrected chi connectivity index (χ1v) is 17.4. The Balaban J connectivity index is 2.02. The smallest absolute Gasteiger partial charge is 0.429 e. The highest BCUT2D eigenvalue weighted by atomic mass is 32.2. The highest BCUT2D eigenvalue weighted by Gasteiger charge is 2.39. The van der Waals surface area contributed by atoms with E-state index in [1.54, 1.807) is 71.0 Å². The van der Waals surface area contributed by atoms with E-state index in [1.807, 2.05) is 6.92 Å². The predicted molar refractivity (Wildman–Crippen MR) is 176 cm³/mol. The minimum Gasteiger partial charge on any atom is -0.464 e. The van der Waals surface area contributed by atoms with Crippen LogP contribution in [0.1, 0.15) is 45.7 Å². The number of carbonyl (C=O) groups is 2. The maximum Gasteiger partial charge on any atom is 0.429 e. The third-order valence-electron chi connectivity index (χ3n) is 6.86. The van der Waals surface area contributed by atoms with Gasteiger partial charge in [0.05, 0.1) is 28.3 Å². The number of amides is 1. The van der Waals surface area contributed by atoms with Crippen molar-refractivity contribution in [1.29, 1.82) is 0 Å². The van der Waals surface area contributed by atoms with Gasteiger partial charge in [0.1, 0.15) is 11.6 Å². The lowest BCUT2D eigenvalue weighted by molar-refractivity contribution is -0.144. The highest BCUT2D eigenvalue weighted by molar-refractivity contribution is 7.93. The van der Waals surface area contributed by atoms with Gasteiger partial charge in [0.2, 0.25) is 0 Å². The Kier molecular flexibility index (Phi) is 9.78. The number of anilines is 2. The molecule has 1 atom stereocenters. The molecule has 0 saturated carbocycles. The molecule has 4 aromatic rings. The van der Waals surface area contributed by atoms with Crippen LogP contribution in [-0.4, -0.2) is 52.1 Å². The normalized spacial score (nSPS) is 12.8. The molecule has 3 aromatic carbocycles. The summed E-state index contributed by atoms with van der Waals surface area (Å²) in [6.45, 7) is 11.4. The Morgan fingerprint density at radius 3 is 1.80 bits per heavy atom. The predicted octanol–water partition coefficient (Wildman–Crippen LogP) is 6.13. The van der Waals surface area contributed by atoms with E-state index in [1.165, 1.54) is 43.3 Å². The summed E-state index contributed by atoms with van der Waals surface area (Å²) in [6.07, 6.45) is -0.0973. The number of esters is 1. The van der Waals surface area contributed by atoms with Gasteiger partial charge in [-0.1, -0.05) is 59.7 Å². The second-order valence-corrected chi connectivity index (χ2v) is 15.2. The molecule has 0 spiro atoms. The number of aryl methyl sites for hydroxylation is 2. The van der Waals surface area contributed by atoms with Crippen molar-refractivity contribution in [3.8, 4) is 0 Å². The number of hydrogen-bond donors (Lipinski definition) is 0. The molecule has 244 valence electrons. The number of carbonyl (C=O) groups excluding carboxylic acids is 2. The zero-order chi connectivity index (χ0) is 34.0. The van der Waals surface area contributed by atoms with Crippen LogP contribution in [0.3, 0.4) is 0 Å². The van der Waals surface area contributed by atoms with E-state index in [9.17, 15) is 26.4 Å². The third kappa shape index (κ3) is 7.00. The fourth-order valence-electron chi connectivity index (χ4n) is 4.63. The van der Waals surface area contributed by atoms with Crippen LogP contribution in [-0.2, 0) is 34.3 Å². The molecule has 0 radical (unpaired) electrons. The minimum absolute atomic E-state index is 0.0103. The number of pyridine rings is 1. The molecular weight excluding hydrogens is 631 g/mol. The lowest BCUT2D eigenvalue weighted by Crippen LogP contribution is -2.45. The zero-order valence-electron chi connectivity index (χ0n) is 26.7. The lowest BCUT2D eigenvalue weighted by Gasteiger charge is -2.31.